The molecule has 1 aliphatic heterocycles. The number of amides is 1. The van der Waals surface area contributed by atoms with Crippen molar-refractivity contribution in [3.8, 4) is 5.75 Å². The van der Waals surface area contributed by atoms with Gasteiger partial charge in [0, 0.05) is 11.3 Å². The van der Waals surface area contributed by atoms with E-state index in [2.05, 4.69) is 13.8 Å². The zero-order valence-electron chi connectivity index (χ0n) is 18.1. The van der Waals surface area contributed by atoms with Crippen LogP contribution < -0.4 is 9.64 Å². The summed E-state index contributed by atoms with van der Waals surface area (Å²) in [6.45, 7) is 4.13. The second kappa shape index (κ2) is 8.96. The van der Waals surface area contributed by atoms with Gasteiger partial charge < -0.3 is 14.3 Å². The molecule has 3 aromatic rings. The molecule has 4 rings (SSSR count). The molecular formula is C25H21Cl2NO5. The molecule has 33 heavy (non-hydrogen) atoms. The summed E-state index contributed by atoms with van der Waals surface area (Å²) in [4.78, 5) is 27.6. The molecule has 0 radical (unpaired) electrons. The number of halogens is 2. The van der Waals surface area contributed by atoms with E-state index >= 15 is 0 Å². The number of aliphatic hydroxyl groups excluding tert-OH is 1. The number of methoxy groups -OCH3 is 1. The first kappa shape index (κ1) is 23.0. The summed E-state index contributed by atoms with van der Waals surface area (Å²) in [5.74, 6) is -1.16. The van der Waals surface area contributed by atoms with Crippen LogP contribution in [-0.2, 0) is 9.59 Å². The molecule has 1 N–H and O–H groups in total. The second-order valence-electron chi connectivity index (χ2n) is 7.90. The van der Waals surface area contributed by atoms with Gasteiger partial charge in [-0.25, -0.2) is 0 Å². The van der Waals surface area contributed by atoms with Crippen LogP contribution in [0.15, 0.2) is 64.8 Å². The fourth-order valence-corrected chi connectivity index (χ4v) is 4.52. The summed E-state index contributed by atoms with van der Waals surface area (Å²) in [6, 6.07) is 12.5. The molecule has 1 amide bonds. The summed E-state index contributed by atoms with van der Waals surface area (Å²) >= 11 is 12.5. The third-order valence-corrected chi connectivity index (χ3v) is 6.13. The van der Waals surface area contributed by atoms with E-state index in [-0.39, 0.29) is 26.9 Å². The van der Waals surface area contributed by atoms with Gasteiger partial charge >= 0.3 is 0 Å². The highest BCUT2D eigenvalue weighted by Gasteiger charge is 2.48. The standard InChI is InChI=1S/C25H21Cl2NO5/c1-13(2)14-6-8-16(9-7-14)28-21(19-5-4-10-33-19)20(23(30)25(28)31)22(29)15-11-17(26)24(32-3)18(27)12-15/h4-13,21,29H,1-3H3/b22-20-. The molecule has 6 nitrogen and oxygen atoms in total. The number of aliphatic hydroxyl groups is 1. The molecule has 0 saturated carbocycles. The highest BCUT2D eigenvalue weighted by molar-refractivity contribution is 6.51. The van der Waals surface area contributed by atoms with Crippen molar-refractivity contribution in [3.63, 3.8) is 0 Å². The van der Waals surface area contributed by atoms with Crippen molar-refractivity contribution in [2.75, 3.05) is 12.0 Å². The highest BCUT2D eigenvalue weighted by atomic mass is 35.5. The number of carbonyl (C=O) groups is 2. The second-order valence-corrected chi connectivity index (χ2v) is 8.72. The number of furan rings is 1. The molecule has 1 saturated heterocycles. The van der Waals surface area contributed by atoms with Crippen LogP contribution in [0, 0.1) is 0 Å². The van der Waals surface area contributed by atoms with Crippen LogP contribution in [0.2, 0.25) is 10.0 Å². The van der Waals surface area contributed by atoms with Crippen LogP contribution in [0.4, 0.5) is 5.69 Å². The zero-order chi connectivity index (χ0) is 23.9. The Balaban J connectivity index is 1.89. The average Bonchev–Trinajstić information content (AvgIpc) is 3.40. The van der Waals surface area contributed by atoms with Crippen LogP contribution in [0.1, 0.15) is 42.7 Å². The van der Waals surface area contributed by atoms with E-state index in [0.717, 1.165) is 5.56 Å². The van der Waals surface area contributed by atoms with Crippen LogP contribution in [-0.4, -0.2) is 23.9 Å². The van der Waals surface area contributed by atoms with Gasteiger partial charge in [-0.1, -0.05) is 49.2 Å². The van der Waals surface area contributed by atoms with E-state index in [1.54, 1.807) is 24.3 Å². The predicted molar refractivity (Wildman–Crippen MR) is 127 cm³/mol. The molecule has 1 aromatic heterocycles. The van der Waals surface area contributed by atoms with Crippen molar-refractivity contribution in [3.05, 3.63) is 87.3 Å². The van der Waals surface area contributed by atoms with Gasteiger partial charge in [0.25, 0.3) is 11.7 Å². The Morgan fingerprint density at radius 2 is 1.73 bits per heavy atom. The number of rotatable bonds is 5. The van der Waals surface area contributed by atoms with Crippen molar-refractivity contribution in [2.45, 2.75) is 25.8 Å². The van der Waals surface area contributed by atoms with Gasteiger partial charge in [0.05, 0.1) is 29.0 Å². The number of ether oxygens (including phenoxy) is 1. The number of ketones is 1. The largest absolute Gasteiger partial charge is 0.507 e. The molecule has 1 unspecified atom stereocenters. The average molecular weight is 486 g/mol. The molecule has 8 heteroatoms. The minimum Gasteiger partial charge on any atom is -0.507 e. The van der Waals surface area contributed by atoms with Gasteiger partial charge in [0.1, 0.15) is 17.6 Å². The summed E-state index contributed by atoms with van der Waals surface area (Å²) in [6.07, 6.45) is 1.44. The fourth-order valence-electron chi connectivity index (χ4n) is 3.88. The van der Waals surface area contributed by atoms with Crippen molar-refractivity contribution in [1.82, 2.24) is 0 Å². The molecule has 2 aromatic carbocycles. The number of benzene rings is 2. The van der Waals surface area contributed by atoms with Crippen molar-refractivity contribution < 1.29 is 23.8 Å². The lowest BCUT2D eigenvalue weighted by Gasteiger charge is -2.24. The Labute approximate surface area is 201 Å². The van der Waals surface area contributed by atoms with Gasteiger partial charge in [0.2, 0.25) is 0 Å². The monoisotopic (exact) mass is 485 g/mol. The lowest BCUT2D eigenvalue weighted by molar-refractivity contribution is -0.132. The lowest BCUT2D eigenvalue weighted by Crippen LogP contribution is -2.29. The summed E-state index contributed by atoms with van der Waals surface area (Å²) in [5.41, 5.74) is 1.65. The SMILES string of the molecule is COc1c(Cl)cc(/C(O)=C2/C(=O)C(=O)N(c3ccc(C(C)C)cc3)C2c2ccco2)cc1Cl. The molecule has 2 heterocycles. The number of carbonyl (C=O) groups excluding carboxylic acids is 2. The minimum atomic E-state index is -0.968. The van der Waals surface area contributed by atoms with Crippen molar-refractivity contribution in [2.24, 2.45) is 0 Å². The number of anilines is 1. The molecule has 0 spiro atoms. The number of Topliss-reactive ketones (excluding diaryl/α,β-unsaturated/α-hetero) is 1. The third-order valence-electron chi connectivity index (χ3n) is 5.57. The zero-order valence-corrected chi connectivity index (χ0v) is 19.6. The Morgan fingerprint density at radius 1 is 1.09 bits per heavy atom. The quantitative estimate of drug-likeness (QED) is 0.259. The maximum absolute atomic E-state index is 13.1. The van der Waals surface area contributed by atoms with Crippen molar-refractivity contribution in [1.29, 1.82) is 0 Å². The smallest absolute Gasteiger partial charge is 0.300 e. The van der Waals surface area contributed by atoms with Gasteiger partial charge in [0.15, 0.2) is 5.75 Å². The minimum absolute atomic E-state index is 0.125. The Kier molecular flexibility index (Phi) is 6.23. The molecule has 1 aliphatic rings. The Hall–Kier alpha value is -3.22. The van der Waals surface area contributed by atoms with E-state index < -0.39 is 23.5 Å². The third kappa shape index (κ3) is 4.01. The van der Waals surface area contributed by atoms with Crippen LogP contribution in [0.25, 0.3) is 5.76 Å². The first-order chi connectivity index (χ1) is 15.7. The molecule has 1 atom stereocenters. The fraction of sp³-hybridized carbons (Fsp3) is 0.200. The van der Waals surface area contributed by atoms with E-state index in [9.17, 15) is 14.7 Å². The van der Waals surface area contributed by atoms with E-state index in [0.29, 0.717) is 17.4 Å². The van der Waals surface area contributed by atoms with E-state index in [4.69, 9.17) is 32.4 Å². The number of nitrogens with zero attached hydrogens (tertiary/aromatic N) is 1. The van der Waals surface area contributed by atoms with Crippen LogP contribution in [0.3, 0.4) is 0 Å². The molecule has 0 bridgehead atoms. The first-order valence-electron chi connectivity index (χ1n) is 10.2. The topological polar surface area (TPSA) is 80.0 Å². The van der Waals surface area contributed by atoms with Crippen LogP contribution >= 0.6 is 23.2 Å². The van der Waals surface area contributed by atoms with Crippen LogP contribution in [0.5, 0.6) is 5.75 Å². The van der Waals surface area contributed by atoms with Gasteiger partial charge in [-0.2, -0.15) is 0 Å². The lowest BCUT2D eigenvalue weighted by atomic mass is 9.98. The first-order valence-corrected chi connectivity index (χ1v) is 11.0. The maximum atomic E-state index is 13.1. The normalized spacial score (nSPS) is 17.8. The summed E-state index contributed by atoms with van der Waals surface area (Å²) < 4.78 is 10.7. The van der Waals surface area contributed by atoms with Crippen molar-refractivity contribution >= 4 is 46.3 Å². The molecular weight excluding hydrogens is 465 g/mol. The molecule has 1 fully saturated rings. The van der Waals surface area contributed by atoms with Gasteiger partial charge in [-0.3, -0.25) is 14.5 Å². The van der Waals surface area contributed by atoms with Gasteiger partial charge in [-0.15, -0.1) is 0 Å². The van der Waals surface area contributed by atoms with E-state index in [1.165, 1.54) is 30.4 Å². The Morgan fingerprint density at radius 3 is 2.24 bits per heavy atom. The maximum Gasteiger partial charge on any atom is 0.300 e. The molecule has 0 aliphatic carbocycles. The summed E-state index contributed by atoms with van der Waals surface area (Å²) in [5, 5.41) is 11.5. The van der Waals surface area contributed by atoms with Gasteiger partial charge in [-0.05, 0) is 47.9 Å². The molecule has 170 valence electrons. The van der Waals surface area contributed by atoms with E-state index in [1.807, 2.05) is 12.1 Å². The Bertz CT molecular complexity index is 1220. The predicted octanol–water partition coefficient (Wildman–Crippen LogP) is 6.34. The number of hydrogen-bond donors (Lipinski definition) is 1. The number of hydrogen-bond acceptors (Lipinski definition) is 5. The summed E-state index contributed by atoms with van der Waals surface area (Å²) in [7, 11) is 1.42. The highest BCUT2D eigenvalue weighted by Crippen LogP contribution is 2.44.